The number of hydrogen-bond donors (Lipinski definition) is 3. The zero-order valence-electron chi connectivity index (χ0n) is 26.7. The monoisotopic (exact) mass is 611 g/mol. The van der Waals surface area contributed by atoms with E-state index in [1.165, 1.54) is 22.7 Å². The van der Waals surface area contributed by atoms with Crippen molar-refractivity contribution < 1.29 is 14.4 Å². The molecule has 1 unspecified atom stereocenters. The molecule has 8 nitrogen and oxygen atoms in total. The third kappa shape index (κ3) is 13.5. The summed E-state index contributed by atoms with van der Waals surface area (Å²) in [7, 11) is 0. The average molecular weight is 612 g/mol. The van der Waals surface area contributed by atoms with Gasteiger partial charge >= 0.3 is 0 Å². The molecule has 0 aliphatic carbocycles. The number of amides is 3. The number of hydrogen-bond acceptors (Lipinski definition) is 5. The molecule has 3 aromatic carbocycles. The van der Waals surface area contributed by atoms with Crippen LogP contribution in [0.4, 0.5) is 0 Å². The topological polar surface area (TPSA) is 108 Å². The summed E-state index contributed by atoms with van der Waals surface area (Å²) in [5.41, 5.74) is 11.8. The molecule has 45 heavy (non-hydrogen) atoms. The van der Waals surface area contributed by atoms with Crippen molar-refractivity contribution in [3.63, 3.8) is 0 Å². The van der Waals surface area contributed by atoms with Gasteiger partial charge in [-0.2, -0.15) is 0 Å². The van der Waals surface area contributed by atoms with E-state index < -0.39 is 11.9 Å². The molecule has 0 saturated heterocycles. The predicted molar refractivity (Wildman–Crippen MR) is 180 cm³/mol. The molecule has 0 spiro atoms. The maximum Gasteiger partial charge on any atom is 0.265 e. The van der Waals surface area contributed by atoms with Crippen LogP contribution in [-0.2, 0) is 33.9 Å². The lowest BCUT2D eigenvalue weighted by Crippen LogP contribution is -2.53. The second-order valence-electron chi connectivity index (χ2n) is 11.7. The highest BCUT2D eigenvalue weighted by atomic mass is 16.2. The van der Waals surface area contributed by atoms with Crippen LogP contribution in [-0.4, -0.2) is 53.3 Å². The van der Waals surface area contributed by atoms with Gasteiger partial charge in [0.05, 0.1) is 6.04 Å². The Bertz CT molecular complexity index is 1270. The van der Waals surface area contributed by atoms with Crippen LogP contribution in [0.5, 0.6) is 0 Å². The van der Waals surface area contributed by atoms with Crippen LogP contribution in [0, 0.1) is 5.92 Å². The predicted octanol–water partition coefficient (Wildman–Crippen LogP) is 5.01. The van der Waals surface area contributed by atoms with Crippen molar-refractivity contribution in [1.29, 1.82) is 0 Å². The SMILES string of the molecule is CC(C)CC(NCCCc1ccccc1)C(=O)NN(CCCCN)C(=O)/C=C/C(=O)N(Cc1ccccc1)Cc1ccccc1. The van der Waals surface area contributed by atoms with E-state index >= 15 is 0 Å². The summed E-state index contributed by atoms with van der Waals surface area (Å²) >= 11 is 0. The second kappa shape index (κ2) is 19.9. The van der Waals surface area contributed by atoms with Crippen molar-refractivity contribution in [2.24, 2.45) is 11.7 Å². The van der Waals surface area contributed by atoms with Gasteiger partial charge in [-0.1, -0.05) is 105 Å². The smallest absolute Gasteiger partial charge is 0.265 e. The van der Waals surface area contributed by atoms with E-state index in [2.05, 4.69) is 36.7 Å². The first-order valence-electron chi connectivity index (χ1n) is 16.0. The molecule has 0 aromatic heterocycles. The number of nitrogens with one attached hydrogen (secondary N) is 2. The number of aryl methyl sites for hydroxylation is 1. The highest BCUT2D eigenvalue weighted by Gasteiger charge is 2.23. The first-order chi connectivity index (χ1) is 21.9. The van der Waals surface area contributed by atoms with Crippen LogP contribution in [0.25, 0.3) is 0 Å². The van der Waals surface area contributed by atoms with Gasteiger partial charge in [0, 0.05) is 31.8 Å². The largest absolute Gasteiger partial charge is 0.331 e. The molecule has 3 aromatic rings. The van der Waals surface area contributed by atoms with E-state index in [9.17, 15) is 14.4 Å². The van der Waals surface area contributed by atoms with E-state index in [4.69, 9.17) is 5.73 Å². The maximum absolute atomic E-state index is 13.5. The van der Waals surface area contributed by atoms with Crippen molar-refractivity contribution >= 4 is 17.7 Å². The lowest BCUT2D eigenvalue weighted by atomic mass is 10.0. The van der Waals surface area contributed by atoms with Gasteiger partial charge in [0.15, 0.2) is 0 Å². The maximum atomic E-state index is 13.5. The fourth-order valence-electron chi connectivity index (χ4n) is 4.97. The van der Waals surface area contributed by atoms with Crippen LogP contribution in [0.15, 0.2) is 103 Å². The van der Waals surface area contributed by atoms with Crippen molar-refractivity contribution in [2.75, 3.05) is 19.6 Å². The van der Waals surface area contributed by atoms with Crippen molar-refractivity contribution in [1.82, 2.24) is 20.7 Å². The van der Waals surface area contributed by atoms with Crippen LogP contribution >= 0.6 is 0 Å². The Hall–Kier alpha value is -4.27. The van der Waals surface area contributed by atoms with Gasteiger partial charge in [0.2, 0.25) is 5.91 Å². The van der Waals surface area contributed by atoms with Crippen molar-refractivity contribution in [3.8, 4) is 0 Å². The highest BCUT2D eigenvalue weighted by Crippen LogP contribution is 2.12. The molecule has 0 fully saturated rings. The molecule has 3 rings (SSSR count). The number of carbonyl (C=O) groups excluding carboxylic acids is 3. The molecular weight excluding hydrogens is 562 g/mol. The molecule has 3 amide bonds. The highest BCUT2D eigenvalue weighted by molar-refractivity contribution is 5.97. The standard InChI is InChI=1S/C37H49N5O3/c1-30(2)27-34(39-25-14-21-31-15-6-3-7-16-31)37(45)40-42(26-13-12-24-38)36(44)23-22-35(43)41(28-32-17-8-4-9-18-32)29-33-19-10-5-11-20-33/h3-11,15-20,22-23,30,34,39H,12-14,21,24-29,38H2,1-2H3,(H,40,45)/b23-22+. The third-order valence-electron chi connectivity index (χ3n) is 7.36. The Kier molecular flexibility index (Phi) is 15.6. The minimum Gasteiger partial charge on any atom is -0.331 e. The van der Waals surface area contributed by atoms with Gasteiger partial charge in [-0.05, 0) is 67.8 Å². The Balaban J connectivity index is 1.67. The molecule has 0 aliphatic rings. The summed E-state index contributed by atoms with van der Waals surface area (Å²) < 4.78 is 0. The van der Waals surface area contributed by atoms with Crippen molar-refractivity contribution in [3.05, 3.63) is 120 Å². The summed E-state index contributed by atoms with van der Waals surface area (Å²) in [6, 6.07) is 29.3. The van der Waals surface area contributed by atoms with Crippen LogP contribution in [0.3, 0.4) is 0 Å². The summed E-state index contributed by atoms with van der Waals surface area (Å²) in [6.45, 7) is 6.39. The number of nitrogens with two attached hydrogens (primary N) is 1. The Labute approximate surface area is 268 Å². The minimum atomic E-state index is -0.458. The fraction of sp³-hybridized carbons (Fsp3) is 0.378. The first kappa shape index (κ1) is 35.2. The molecule has 240 valence electrons. The Morgan fingerprint density at radius 1 is 0.733 bits per heavy atom. The minimum absolute atomic E-state index is 0.265. The lowest BCUT2D eigenvalue weighted by molar-refractivity contribution is -0.139. The van der Waals surface area contributed by atoms with E-state index in [0.717, 1.165) is 24.0 Å². The van der Waals surface area contributed by atoms with Crippen LogP contribution in [0.1, 0.15) is 56.2 Å². The van der Waals surface area contributed by atoms with E-state index in [0.29, 0.717) is 52.0 Å². The summed E-state index contributed by atoms with van der Waals surface area (Å²) in [5.74, 6) is -0.733. The zero-order chi connectivity index (χ0) is 32.3. The number of benzene rings is 3. The van der Waals surface area contributed by atoms with Crippen LogP contribution < -0.4 is 16.5 Å². The normalized spacial score (nSPS) is 11.8. The fourth-order valence-corrected chi connectivity index (χ4v) is 4.97. The number of rotatable bonds is 18. The molecule has 0 saturated carbocycles. The Morgan fingerprint density at radius 2 is 1.27 bits per heavy atom. The molecule has 0 bridgehead atoms. The molecule has 1 atom stereocenters. The number of hydrazine groups is 1. The van der Waals surface area contributed by atoms with Gasteiger partial charge < -0.3 is 16.0 Å². The quantitative estimate of drug-likeness (QED) is 0.107. The van der Waals surface area contributed by atoms with Gasteiger partial charge in [0.25, 0.3) is 11.8 Å². The molecular formula is C37H49N5O3. The third-order valence-corrected chi connectivity index (χ3v) is 7.36. The lowest BCUT2D eigenvalue weighted by Gasteiger charge is -2.27. The Morgan fingerprint density at radius 3 is 1.80 bits per heavy atom. The van der Waals surface area contributed by atoms with E-state index in [1.54, 1.807) is 4.90 Å². The van der Waals surface area contributed by atoms with Gasteiger partial charge in [-0.15, -0.1) is 0 Å². The van der Waals surface area contributed by atoms with Gasteiger partial charge in [-0.3, -0.25) is 24.8 Å². The molecule has 0 heterocycles. The first-order valence-corrected chi connectivity index (χ1v) is 16.0. The molecule has 0 radical (unpaired) electrons. The van der Waals surface area contributed by atoms with E-state index in [-0.39, 0.29) is 17.7 Å². The summed E-state index contributed by atoms with van der Waals surface area (Å²) in [4.78, 5) is 41.9. The summed E-state index contributed by atoms with van der Waals surface area (Å²) in [6.07, 6.45) is 6.30. The van der Waals surface area contributed by atoms with E-state index in [1.807, 2.05) is 78.9 Å². The molecule has 4 N–H and O–H groups in total. The number of nitrogens with zero attached hydrogens (tertiary/aromatic N) is 2. The number of unbranched alkanes of at least 4 members (excludes halogenated alkanes) is 1. The van der Waals surface area contributed by atoms with Crippen LogP contribution in [0.2, 0.25) is 0 Å². The second-order valence-corrected chi connectivity index (χ2v) is 11.7. The molecule has 0 aliphatic heterocycles. The molecule has 8 heteroatoms. The average Bonchev–Trinajstić information content (AvgIpc) is 3.05. The van der Waals surface area contributed by atoms with Crippen molar-refractivity contribution in [2.45, 2.75) is 65.1 Å². The van der Waals surface area contributed by atoms with Gasteiger partial charge in [0.1, 0.15) is 0 Å². The summed E-state index contributed by atoms with van der Waals surface area (Å²) in [5, 5.41) is 4.70. The number of carbonyl (C=O) groups is 3. The van der Waals surface area contributed by atoms with Gasteiger partial charge in [-0.25, -0.2) is 0 Å². The zero-order valence-corrected chi connectivity index (χ0v) is 26.7.